The van der Waals surface area contributed by atoms with Crippen LogP contribution in [0.15, 0.2) is 12.4 Å². The molecule has 0 aliphatic carbocycles. The molecule has 1 aromatic rings. The van der Waals surface area contributed by atoms with Crippen LogP contribution in [0.5, 0.6) is 0 Å². The van der Waals surface area contributed by atoms with Crippen molar-refractivity contribution >= 4 is 6.29 Å². The highest BCUT2D eigenvalue weighted by atomic mass is 16.3. The van der Waals surface area contributed by atoms with Gasteiger partial charge in [-0.15, -0.1) is 0 Å². The van der Waals surface area contributed by atoms with Crippen LogP contribution in [-0.2, 0) is 11.8 Å². The minimum Gasteiger partial charge on any atom is -0.381 e. The summed E-state index contributed by atoms with van der Waals surface area (Å²) in [5.41, 5.74) is 0.525. The Bertz CT molecular complexity index is 231. The number of carbonyl (C=O) groups is 1. The molecule has 10 heavy (non-hydrogen) atoms. The van der Waals surface area contributed by atoms with Gasteiger partial charge in [0.25, 0.3) is 0 Å². The fraction of sp³-hybridized carbons (Fsp3) is 0.333. The van der Waals surface area contributed by atoms with E-state index >= 15 is 0 Å². The molecule has 0 aliphatic heterocycles. The SMILES string of the molecule is Cn1cc(C(O)C=O)cn1. The summed E-state index contributed by atoms with van der Waals surface area (Å²) >= 11 is 0. The number of aryl methyl sites for hydroxylation is 1. The molecule has 0 aliphatic rings. The van der Waals surface area contributed by atoms with Crippen LogP contribution >= 0.6 is 0 Å². The van der Waals surface area contributed by atoms with E-state index in [0.29, 0.717) is 11.8 Å². The molecule has 0 aromatic carbocycles. The van der Waals surface area contributed by atoms with Crippen LogP contribution in [0.3, 0.4) is 0 Å². The van der Waals surface area contributed by atoms with E-state index in [1.54, 1.807) is 13.2 Å². The molecule has 0 bridgehead atoms. The second kappa shape index (κ2) is 2.62. The molecule has 1 unspecified atom stereocenters. The quantitative estimate of drug-likeness (QED) is 0.571. The van der Waals surface area contributed by atoms with Gasteiger partial charge < -0.3 is 9.90 Å². The molecule has 0 saturated heterocycles. The Labute approximate surface area is 58.1 Å². The van der Waals surface area contributed by atoms with Crippen molar-refractivity contribution in [3.63, 3.8) is 0 Å². The van der Waals surface area contributed by atoms with E-state index in [1.165, 1.54) is 10.9 Å². The van der Waals surface area contributed by atoms with Crippen molar-refractivity contribution in [2.75, 3.05) is 0 Å². The molecular weight excluding hydrogens is 132 g/mol. The predicted molar refractivity (Wildman–Crippen MR) is 34.2 cm³/mol. The van der Waals surface area contributed by atoms with Gasteiger partial charge in [0.05, 0.1) is 6.20 Å². The highest BCUT2D eigenvalue weighted by molar-refractivity contribution is 5.58. The highest BCUT2D eigenvalue weighted by Gasteiger charge is 2.05. The van der Waals surface area contributed by atoms with Crippen LogP contribution in [0.1, 0.15) is 11.7 Å². The van der Waals surface area contributed by atoms with Crippen LogP contribution < -0.4 is 0 Å². The molecule has 0 spiro atoms. The third-order valence-corrected chi connectivity index (χ3v) is 1.20. The van der Waals surface area contributed by atoms with Crippen molar-refractivity contribution in [1.82, 2.24) is 9.78 Å². The van der Waals surface area contributed by atoms with Gasteiger partial charge in [-0.25, -0.2) is 0 Å². The van der Waals surface area contributed by atoms with Crippen LogP contribution in [0.4, 0.5) is 0 Å². The number of aliphatic hydroxyl groups is 1. The average Bonchev–Trinajstić information content (AvgIpc) is 2.34. The first-order chi connectivity index (χ1) is 4.74. The summed E-state index contributed by atoms with van der Waals surface area (Å²) in [4.78, 5) is 10.0. The molecule has 0 saturated carbocycles. The Morgan fingerprint density at radius 2 is 2.60 bits per heavy atom. The first-order valence-corrected chi connectivity index (χ1v) is 2.86. The van der Waals surface area contributed by atoms with Crippen LogP contribution in [0.25, 0.3) is 0 Å². The van der Waals surface area contributed by atoms with E-state index < -0.39 is 6.10 Å². The van der Waals surface area contributed by atoms with E-state index in [2.05, 4.69) is 5.10 Å². The van der Waals surface area contributed by atoms with Gasteiger partial charge in [-0.05, 0) is 0 Å². The van der Waals surface area contributed by atoms with Crippen molar-refractivity contribution in [2.45, 2.75) is 6.10 Å². The fourth-order valence-electron chi connectivity index (χ4n) is 0.671. The molecule has 54 valence electrons. The van der Waals surface area contributed by atoms with Crippen molar-refractivity contribution in [3.8, 4) is 0 Å². The molecule has 1 heterocycles. The van der Waals surface area contributed by atoms with Gasteiger partial charge in [-0.3, -0.25) is 4.68 Å². The maximum Gasteiger partial charge on any atom is 0.153 e. The standard InChI is InChI=1S/C6H8N2O2/c1-8-3-5(2-7-8)6(10)4-9/h2-4,6,10H,1H3. The monoisotopic (exact) mass is 140 g/mol. The van der Waals surface area contributed by atoms with Gasteiger partial charge in [-0.1, -0.05) is 0 Å². The van der Waals surface area contributed by atoms with E-state index in [4.69, 9.17) is 5.11 Å². The summed E-state index contributed by atoms with van der Waals surface area (Å²) in [5, 5.41) is 12.7. The zero-order valence-corrected chi connectivity index (χ0v) is 5.56. The second-order valence-electron chi connectivity index (χ2n) is 2.03. The number of aldehydes is 1. The Morgan fingerprint density at radius 3 is 3.00 bits per heavy atom. The Morgan fingerprint density at radius 1 is 1.90 bits per heavy atom. The number of hydrogen-bond donors (Lipinski definition) is 1. The Kier molecular flexibility index (Phi) is 1.82. The lowest BCUT2D eigenvalue weighted by atomic mass is 10.2. The largest absolute Gasteiger partial charge is 0.381 e. The molecule has 0 fully saturated rings. The zero-order valence-electron chi connectivity index (χ0n) is 5.56. The number of rotatable bonds is 2. The molecule has 1 atom stereocenters. The summed E-state index contributed by atoms with van der Waals surface area (Å²) < 4.78 is 1.53. The molecule has 1 rings (SSSR count). The fourth-order valence-corrected chi connectivity index (χ4v) is 0.671. The van der Waals surface area contributed by atoms with Crippen molar-refractivity contribution in [1.29, 1.82) is 0 Å². The topological polar surface area (TPSA) is 55.1 Å². The van der Waals surface area contributed by atoms with Gasteiger partial charge in [0.1, 0.15) is 6.10 Å². The van der Waals surface area contributed by atoms with Crippen molar-refractivity contribution in [2.24, 2.45) is 7.05 Å². The molecule has 0 radical (unpaired) electrons. The van der Waals surface area contributed by atoms with Crippen LogP contribution in [-0.4, -0.2) is 21.2 Å². The summed E-state index contributed by atoms with van der Waals surface area (Å²) in [7, 11) is 1.72. The number of hydrogen-bond acceptors (Lipinski definition) is 3. The predicted octanol–water partition coefficient (Wildman–Crippen LogP) is -0.348. The van der Waals surface area contributed by atoms with Crippen molar-refractivity contribution in [3.05, 3.63) is 18.0 Å². The molecule has 4 heteroatoms. The van der Waals surface area contributed by atoms with Gasteiger partial charge in [0.2, 0.25) is 0 Å². The maximum atomic E-state index is 10.0. The van der Waals surface area contributed by atoms with Crippen molar-refractivity contribution < 1.29 is 9.90 Å². The minimum atomic E-state index is -1.03. The van der Waals surface area contributed by atoms with E-state index in [0.717, 1.165) is 0 Å². The first kappa shape index (κ1) is 6.95. The summed E-state index contributed by atoms with van der Waals surface area (Å²) in [6, 6.07) is 0. The summed E-state index contributed by atoms with van der Waals surface area (Å²) in [6.07, 6.45) is 2.49. The minimum absolute atomic E-state index is 0.469. The molecular formula is C6H8N2O2. The third-order valence-electron chi connectivity index (χ3n) is 1.20. The second-order valence-corrected chi connectivity index (χ2v) is 2.03. The lowest BCUT2D eigenvalue weighted by Gasteiger charge is -1.94. The molecule has 1 N–H and O–H groups in total. The molecule has 0 amide bonds. The van der Waals surface area contributed by atoms with Crippen LogP contribution in [0.2, 0.25) is 0 Å². The number of aliphatic hydroxyl groups excluding tert-OH is 1. The van der Waals surface area contributed by atoms with E-state index in [1.807, 2.05) is 0 Å². The lowest BCUT2D eigenvalue weighted by molar-refractivity contribution is -0.115. The third kappa shape index (κ3) is 1.22. The molecule has 4 nitrogen and oxygen atoms in total. The van der Waals surface area contributed by atoms with Gasteiger partial charge in [0.15, 0.2) is 6.29 Å². The average molecular weight is 140 g/mol. The normalized spacial score (nSPS) is 13.0. The number of aromatic nitrogens is 2. The van der Waals surface area contributed by atoms with E-state index in [9.17, 15) is 4.79 Å². The first-order valence-electron chi connectivity index (χ1n) is 2.86. The highest BCUT2D eigenvalue weighted by Crippen LogP contribution is 2.06. The van der Waals surface area contributed by atoms with E-state index in [-0.39, 0.29) is 0 Å². The smallest absolute Gasteiger partial charge is 0.153 e. The summed E-state index contributed by atoms with van der Waals surface area (Å²) in [5.74, 6) is 0. The lowest BCUT2D eigenvalue weighted by Crippen LogP contribution is -1.95. The van der Waals surface area contributed by atoms with Gasteiger partial charge in [-0.2, -0.15) is 5.10 Å². The number of nitrogens with zero attached hydrogens (tertiary/aromatic N) is 2. The zero-order chi connectivity index (χ0) is 7.56. The van der Waals surface area contributed by atoms with Gasteiger partial charge in [0, 0.05) is 18.8 Å². The number of carbonyl (C=O) groups excluding carboxylic acids is 1. The van der Waals surface area contributed by atoms with Crippen LogP contribution in [0, 0.1) is 0 Å². The Hall–Kier alpha value is -1.16. The van der Waals surface area contributed by atoms with Gasteiger partial charge >= 0.3 is 0 Å². The molecule has 1 aromatic heterocycles. The maximum absolute atomic E-state index is 10.0. The summed E-state index contributed by atoms with van der Waals surface area (Å²) in [6.45, 7) is 0. The Balaban J connectivity index is 2.84.